The third-order valence-corrected chi connectivity index (χ3v) is 22.4. The minimum absolute atomic E-state index is 0.0687. The van der Waals surface area contributed by atoms with Crippen LogP contribution in [-0.2, 0) is 0 Å². The highest BCUT2D eigenvalue weighted by Gasteiger charge is 2.43. The fraction of sp³-hybridized carbons (Fsp3) is 0.783. The molecule has 0 unspecified atom stereocenters. The van der Waals surface area contributed by atoms with Crippen LogP contribution >= 0.6 is 0 Å². The fourth-order valence-corrected chi connectivity index (χ4v) is 6.37. The van der Waals surface area contributed by atoms with Crippen LogP contribution in [0.2, 0.25) is 54.4 Å². The summed E-state index contributed by atoms with van der Waals surface area (Å²) in [6, 6.07) is 0. The van der Waals surface area contributed by atoms with Crippen molar-refractivity contribution in [2.24, 2.45) is 0 Å². The molecule has 0 aliphatic carbocycles. The Balaban J connectivity index is 2.77. The van der Waals surface area contributed by atoms with E-state index in [2.05, 4.69) is 111 Å². The zero-order valence-corrected chi connectivity index (χ0v) is 26.3. The number of imidazole rings is 1. The first kappa shape index (κ1) is 27.0. The van der Waals surface area contributed by atoms with Crippen molar-refractivity contribution < 1.29 is 4.43 Å². The normalized spacial score (nSPS) is 14.7. The van der Waals surface area contributed by atoms with E-state index in [9.17, 15) is 0 Å². The molecular formula is C23H47N5OSi3. The summed E-state index contributed by atoms with van der Waals surface area (Å²) in [5.74, 6) is 1.29. The average molecular weight is 494 g/mol. The van der Waals surface area contributed by atoms with Gasteiger partial charge in [0.15, 0.2) is 27.6 Å². The molecule has 0 bridgehead atoms. The van der Waals surface area contributed by atoms with E-state index in [1.165, 1.54) is 0 Å². The van der Waals surface area contributed by atoms with Gasteiger partial charge in [-0.15, -0.1) is 0 Å². The van der Waals surface area contributed by atoms with E-state index < -0.39 is 24.8 Å². The van der Waals surface area contributed by atoms with Gasteiger partial charge in [-0.05, 0) is 28.2 Å². The Morgan fingerprint density at radius 3 is 1.75 bits per heavy atom. The van der Waals surface area contributed by atoms with Gasteiger partial charge in [0.2, 0.25) is 11.8 Å². The number of nitrogens with zero attached hydrogens (tertiary/aromatic N) is 4. The number of hydrogen-bond acceptors (Lipinski definition) is 5. The van der Waals surface area contributed by atoms with E-state index in [1.54, 1.807) is 0 Å². The Labute approximate surface area is 199 Å². The molecule has 0 spiro atoms. The SMILES string of the molecule is CC(C)(C)[Si](C)(C)Nc1nc(O[Si](C)(C)C(C)(C)C)c2ncn([Si](C)(C)C(C)(C)C)c2n1. The lowest BCUT2D eigenvalue weighted by Gasteiger charge is -2.39. The van der Waals surface area contributed by atoms with Crippen molar-refractivity contribution in [3.63, 3.8) is 0 Å². The Hall–Kier alpha value is -1.20. The molecule has 0 saturated heterocycles. The molecule has 0 amide bonds. The summed E-state index contributed by atoms with van der Waals surface area (Å²) >= 11 is 0. The van der Waals surface area contributed by atoms with Crippen LogP contribution in [0.1, 0.15) is 62.3 Å². The van der Waals surface area contributed by atoms with Gasteiger partial charge in [-0.25, -0.2) is 4.98 Å². The second kappa shape index (κ2) is 7.94. The Morgan fingerprint density at radius 1 is 0.781 bits per heavy atom. The molecule has 2 heterocycles. The lowest BCUT2D eigenvalue weighted by Crippen LogP contribution is -2.47. The average Bonchev–Trinajstić information content (AvgIpc) is 2.95. The molecule has 6 nitrogen and oxygen atoms in total. The summed E-state index contributed by atoms with van der Waals surface area (Å²) in [4.78, 5) is 18.5. The van der Waals surface area contributed by atoms with Gasteiger partial charge in [-0.1, -0.05) is 88.5 Å². The summed E-state index contributed by atoms with van der Waals surface area (Å²) in [6.45, 7) is 34.5. The second-order valence-corrected chi connectivity index (χ2v) is 28.6. The minimum Gasteiger partial charge on any atom is -0.529 e. The maximum Gasteiger partial charge on any atom is 0.252 e. The van der Waals surface area contributed by atoms with Gasteiger partial charge in [0.05, 0.1) is 6.33 Å². The van der Waals surface area contributed by atoms with Crippen LogP contribution in [-0.4, -0.2) is 44.0 Å². The van der Waals surface area contributed by atoms with Gasteiger partial charge in [0, 0.05) is 0 Å². The minimum atomic E-state index is -2.10. The van der Waals surface area contributed by atoms with Crippen LogP contribution in [0, 0.1) is 0 Å². The molecule has 182 valence electrons. The summed E-state index contributed by atoms with van der Waals surface area (Å²) in [5.41, 5.74) is 1.67. The zero-order chi connectivity index (χ0) is 25.1. The van der Waals surface area contributed by atoms with Crippen molar-refractivity contribution in [1.82, 2.24) is 19.2 Å². The standard InChI is InChI=1S/C23H47N5OSi3/c1-21(2,3)30(10,11)27-20-25-18-17(19(26-20)29-32(14,15)23(7,8)9)24-16-28(18)31(12,13)22(4,5)6/h16H,1-15H3,(H,25,26,27). The topological polar surface area (TPSA) is 64.9 Å². The van der Waals surface area contributed by atoms with Crippen molar-refractivity contribution in [1.29, 1.82) is 0 Å². The molecule has 0 aliphatic rings. The fourth-order valence-electron chi connectivity index (χ4n) is 2.63. The van der Waals surface area contributed by atoms with Crippen molar-refractivity contribution in [3.05, 3.63) is 6.33 Å². The van der Waals surface area contributed by atoms with E-state index in [0.29, 0.717) is 11.8 Å². The van der Waals surface area contributed by atoms with E-state index in [-0.39, 0.29) is 15.1 Å². The Kier molecular flexibility index (Phi) is 6.71. The molecule has 0 fully saturated rings. The van der Waals surface area contributed by atoms with E-state index in [4.69, 9.17) is 19.4 Å². The highest BCUT2D eigenvalue weighted by molar-refractivity contribution is 6.83. The first-order valence-electron chi connectivity index (χ1n) is 11.7. The van der Waals surface area contributed by atoms with Crippen LogP contribution in [0.5, 0.6) is 5.88 Å². The lowest BCUT2D eigenvalue weighted by atomic mass is 10.2. The summed E-state index contributed by atoms with van der Waals surface area (Å²) in [6.07, 6.45) is 1.96. The van der Waals surface area contributed by atoms with E-state index in [0.717, 1.165) is 11.2 Å². The van der Waals surface area contributed by atoms with E-state index in [1.807, 2.05) is 6.33 Å². The molecule has 0 aliphatic heterocycles. The summed E-state index contributed by atoms with van der Waals surface area (Å²) in [7, 11) is -5.89. The Bertz CT molecular complexity index is 976. The monoisotopic (exact) mass is 493 g/mol. The molecule has 0 radical (unpaired) electrons. The van der Waals surface area contributed by atoms with Gasteiger partial charge in [0.1, 0.15) is 0 Å². The highest BCUT2D eigenvalue weighted by Crippen LogP contribution is 2.42. The largest absolute Gasteiger partial charge is 0.529 e. The molecule has 0 atom stereocenters. The predicted octanol–water partition coefficient (Wildman–Crippen LogP) is 7.48. The van der Waals surface area contributed by atoms with Crippen LogP contribution in [0.3, 0.4) is 0 Å². The third-order valence-electron chi connectivity index (χ3n) is 8.26. The van der Waals surface area contributed by atoms with Crippen LogP contribution in [0.4, 0.5) is 5.95 Å². The lowest BCUT2D eigenvalue weighted by molar-refractivity contribution is 0.480. The quantitative estimate of drug-likeness (QED) is 0.437. The molecule has 32 heavy (non-hydrogen) atoms. The van der Waals surface area contributed by atoms with Crippen LogP contribution in [0.25, 0.3) is 11.2 Å². The third kappa shape index (κ3) is 4.99. The molecule has 1 N–H and O–H groups in total. The summed E-state index contributed by atoms with van der Waals surface area (Å²) in [5, 5.41) is 0.379. The van der Waals surface area contributed by atoms with Crippen molar-refractivity contribution in [2.45, 2.75) is 117 Å². The number of hydrogen-bond donors (Lipinski definition) is 1. The highest BCUT2D eigenvalue weighted by atomic mass is 28.4. The number of aromatic nitrogens is 4. The zero-order valence-electron chi connectivity index (χ0n) is 23.3. The number of rotatable bonds is 5. The Morgan fingerprint density at radius 2 is 1.31 bits per heavy atom. The van der Waals surface area contributed by atoms with Crippen LogP contribution < -0.4 is 9.41 Å². The van der Waals surface area contributed by atoms with Crippen molar-refractivity contribution in [2.75, 3.05) is 4.98 Å². The molecule has 0 saturated carbocycles. The van der Waals surface area contributed by atoms with Gasteiger partial charge in [-0.2, -0.15) is 9.97 Å². The molecule has 0 aromatic carbocycles. The van der Waals surface area contributed by atoms with E-state index >= 15 is 0 Å². The molecule has 2 aromatic heterocycles. The maximum absolute atomic E-state index is 6.73. The first-order valence-corrected chi connectivity index (χ1v) is 20.6. The number of anilines is 1. The van der Waals surface area contributed by atoms with Gasteiger partial charge in [0.25, 0.3) is 8.32 Å². The molecule has 2 aromatic rings. The smallest absolute Gasteiger partial charge is 0.252 e. The van der Waals surface area contributed by atoms with Gasteiger partial charge >= 0.3 is 0 Å². The van der Waals surface area contributed by atoms with Crippen LogP contribution in [0.15, 0.2) is 6.33 Å². The van der Waals surface area contributed by atoms with Gasteiger partial charge < -0.3 is 13.6 Å². The molecule has 2 rings (SSSR count). The van der Waals surface area contributed by atoms with Crippen molar-refractivity contribution >= 4 is 41.9 Å². The first-order chi connectivity index (χ1) is 14.0. The van der Waals surface area contributed by atoms with Gasteiger partial charge in [-0.3, -0.25) is 0 Å². The second-order valence-electron chi connectivity index (χ2n) is 13.8. The van der Waals surface area contributed by atoms with Crippen molar-refractivity contribution in [3.8, 4) is 5.88 Å². The maximum atomic E-state index is 6.73. The molecular weight excluding hydrogens is 447 g/mol. The number of nitrogens with one attached hydrogen (secondary N) is 1. The number of fused-ring (bicyclic) bond motifs is 1. The summed E-state index contributed by atoms with van der Waals surface area (Å²) < 4.78 is 9.07. The molecule has 9 heteroatoms. The predicted molar refractivity (Wildman–Crippen MR) is 147 cm³/mol.